The van der Waals surface area contributed by atoms with E-state index in [1.54, 1.807) is 30.3 Å². The maximum Gasteiger partial charge on any atom is 0.221 e. The van der Waals surface area contributed by atoms with Crippen LogP contribution in [-0.4, -0.2) is 16.8 Å². The van der Waals surface area contributed by atoms with E-state index in [-0.39, 0.29) is 5.54 Å². The highest BCUT2D eigenvalue weighted by molar-refractivity contribution is 9.10. The molecule has 1 aromatic heterocycles. The average Bonchev–Trinajstić information content (AvgIpc) is 2.48. The molecule has 0 unspecified atom stereocenters. The quantitative estimate of drug-likeness (QED) is 0.796. The third-order valence-corrected chi connectivity index (χ3v) is 3.52. The molecule has 0 atom stereocenters. The Kier molecular flexibility index (Phi) is 5.02. The molecule has 1 aromatic carbocycles. The highest BCUT2D eigenvalue weighted by Crippen LogP contribution is 2.27. The number of anilines is 1. The zero-order chi connectivity index (χ0) is 17.0. The van der Waals surface area contributed by atoms with Crippen molar-refractivity contribution in [3.8, 4) is 17.7 Å². The minimum Gasteiger partial charge on any atom is -0.439 e. The van der Waals surface area contributed by atoms with Crippen LogP contribution in [0.15, 0.2) is 34.8 Å². The van der Waals surface area contributed by atoms with Gasteiger partial charge in [0, 0.05) is 21.6 Å². The van der Waals surface area contributed by atoms with Gasteiger partial charge in [0.2, 0.25) is 5.88 Å². The smallest absolute Gasteiger partial charge is 0.221 e. The fourth-order valence-corrected chi connectivity index (χ4v) is 2.18. The van der Waals surface area contributed by atoms with Gasteiger partial charge in [-0.2, -0.15) is 10.2 Å². The summed E-state index contributed by atoms with van der Waals surface area (Å²) in [6, 6.07) is 10.5. The van der Waals surface area contributed by atoms with E-state index in [2.05, 4.69) is 32.3 Å². The number of carbonyl (C=O) groups is 1. The fraction of sp³-hybridized carbons (Fsp3) is 0.235. The summed E-state index contributed by atoms with van der Waals surface area (Å²) in [5.74, 6) is 1.30. The van der Waals surface area contributed by atoms with Crippen LogP contribution < -0.4 is 10.1 Å². The maximum atomic E-state index is 11.0. The van der Waals surface area contributed by atoms with Gasteiger partial charge >= 0.3 is 0 Å². The molecule has 0 aliphatic carbocycles. The van der Waals surface area contributed by atoms with Crippen LogP contribution in [0.2, 0.25) is 0 Å². The van der Waals surface area contributed by atoms with Gasteiger partial charge in [0.25, 0.3) is 0 Å². The van der Waals surface area contributed by atoms with Crippen molar-refractivity contribution in [2.75, 3.05) is 5.32 Å². The highest BCUT2D eigenvalue weighted by Gasteiger charge is 2.15. The summed E-state index contributed by atoms with van der Waals surface area (Å²) < 4.78 is 6.39. The molecule has 0 saturated carbocycles. The zero-order valence-corrected chi connectivity index (χ0v) is 14.6. The van der Waals surface area contributed by atoms with Crippen LogP contribution in [-0.2, 0) is 0 Å². The summed E-state index contributed by atoms with van der Waals surface area (Å²) in [6.45, 7) is 5.94. The lowest BCUT2D eigenvalue weighted by atomic mass is 10.1. The number of benzene rings is 1. The first kappa shape index (κ1) is 17.0. The molecule has 0 saturated heterocycles. The number of halogens is 1. The number of nitriles is 1. The van der Waals surface area contributed by atoms with Crippen LogP contribution in [0.1, 0.15) is 36.7 Å². The number of nitrogens with one attached hydrogen (secondary N) is 1. The number of nitrogens with zero attached hydrogens (tertiary/aromatic N) is 2. The lowest BCUT2D eigenvalue weighted by molar-refractivity contribution is 0.112. The third-order valence-electron chi connectivity index (χ3n) is 2.80. The van der Waals surface area contributed by atoms with Gasteiger partial charge in [-0.3, -0.25) is 4.79 Å². The molecular weight excluding hydrogens is 358 g/mol. The molecule has 23 heavy (non-hydrogen) atoms. The molecule has 0 aliphatic rings. The first-order chi connectivity index (χ1) is 10.8. The number of aldehydes is 1. The highest BCUT2D eigenvalue weighted by atomic mass is 79.9. The van der Waals surface area contributed by atoms with E-state index in [0.29, 0.717) is 33.0 Å². The SMILES string of the molecule is CC(C)(C)Nc1nc(Oc2ccc(Br)c(C=O)c2)ccc1C#N. The number of ether oxygens (including phenoxy) is 1. The summed E-state index contributed by atoms with van der Waals surface area (Å²) in [7, 11) is 0. The van der Waals surface area contributed by atoms with Crippen molar-refractivity contribution < 1.29 is 9.53 Å². The second-order valence-corrected chi connectivity index (χ2v) is 6.79. The molecule has 0 spiro atoms. The first-order valence-electron chi connectivity index (χ1n) is 6.94. The van der Waals surface area contributed by atoms with Crippen LogP contribution in [0.25, 0.3) is 0 Å². The standard InChI is InChI=1S/C17H16BrN3O2/c1-17(2,3)21-16-11(9-19)4-7-15(20-16)23-13-5-6-14(18)12(8-13)10-22/h4-8,10H,1-3H3,(H,20,21). The van der Waals surface area contributed by atoms with E-state index in [1.807, 2.05) is 20.8 Å². The Balaban J connectivity index is 2.32. The summed E-state index contributed by atoms with van der Waals surface area (Å²) >= 11 is 3.29. The molecule has 5 nitrogen and oxygen atoms in total. The van der Waals surface area contributed by atoms with E-state index in [0.717, 1.165) is 6.29 Å². The zero-order valence-electron chi connectivity index (χ0n) is 13.1. The van der Waals surface area contributed by atoms with Gasteiger partial charge in [0.05, 0.1) is 5.56 Å². The fourth-order valence-electron chi connectivity index (χ4n) is 1.84. The minimum atomic E-state index is -0.237. The van der Waals surface area contributed by atoms with Crippen molar-refractivity contribution in [2.24, 2.45) is 0 Å². The summed E-state index contributed by atoms with van der Waals surface area (Å²) in [6.07, 6.45) is 0.746. The van der Waals surface area contributed by atoms with Gasteiger partial charge in [-0.15, -0.1) is 0 Å². The number of pyridine rings is 1. The topological polar surface area (TPSA) is 75.0 Å². The molecule has 118 valence electrons. The summed E-state index contributed by atoms with van der Waals surface area (Å²) in [5.41, 5.74) is 0.695. The van der Waals surface area contributed by atoms with E-state index < -0.39 is 0 Å². The van der Waals surface area contributed by atoms with Crippen LogP contribution in [0.4, 0.5) is 5.82 Å². The first-order valence-corrected chi connectivity index (χ1v) is 7.73. The average molecular weight is 374 g/mol. The van der Waals surface area contributed by atoms with Crippen molar-refractivity contribution in [1.29, 1.82) is 5.26 Å². The molecule has 2 aromatic rings. The largest absolute Gasteiger partial charge is 0.439 e. The predicted molar refractivity (Wildman–Crippen MR) is 91.9 cm³/mol. The van der Waals surface area contributed by atoms with E-state index in [1.165, 1.54) is 0 Å². The van der Waals surface area contributed by atoms with Gasteiger partial charge < -0.3 is 10.1 Å². The number of hydrogen-bond acceptors (Lipinski definition) is 5. The Morgan fingerprint density at radius 3 is 2.65 bits per heavy atom. The van der Waals surface area contributed by atoms with Crippen molar-refractivity contribution >= 4 is 28.0 Å². The van der Waals surface area contributed by atoms with Crippen molar-refractivity contribution in [1.82, 2.24) is 4.98 Å². The van der Waals surface area contributed by atoms with Crippen molar-refractivity contribution in [2.45, 2.75) is 26.3 Å². The van der Waals surface area contributed by atoms with Crippen LogP contribution in [0.3, 0.4) is 0 Å². The van der Waals surface area contributed by atoms with Gasteiger partial charge in [-0.1, -0.05) is 15.9 Å². The Hall–Kier alpha value is -2.39. The maximum absolute atomic E-state index is 11.0. The molecule has 0 fully saturated rings. The number of carbonyl (C=O) groups excluding carboxylic acids is 1. The number of aromatic nitrogens is 1. The van der Waals surface area contributed by atoms with Gasteiger partial charge in [-0.25, -0.2) is 0 Å². The second kappa shape index (κ2) is 6.80. The van der Waals surface area contributed by atoms with Gasteiger partial charge in [-0.05, 0) is 45.0 Å². The molecule has 0 bridgehead atoms. The van der Waals surface area contributed by atoms with Crippen molar-refractivity contribution in [3.05, 3.63) is 45.9 Å². The van der Waals surface area contributed by atoms with Crippen LogP contribution in [0.5, 0.6) is 11.6 Å². The molecule has 2 rings (SSSR count). The molecule has 0 radical (unpaired) electrons. The lowest BCUT2D eigenvalue weighted by Gasteiger charge is -2.22. The normalized spacial score (nSPS) is 10.7. The van der Waals surface area contributed by atoms with Gasteiger partial charge in [0.15, 0.2) is 6.29 Å². The second-order valence-electron chi connectivity index (χ2n) is 5.94. The minimum absolute atomic E-state index is 0.237. The molecule has 0 amide bonds. The number of rotatable bonds is 4. The Morgan fingerprint density at radius 1 is 1.30 bits per heavy atom. The molecule has 1 N–H and O–H groups in total. The Morgan fingerprint density at radius 2 is 2.04 bits per heavy atom. The van der Waals surface area contributed by atoms with E-state index in [9.17, 15) is 10.1 Å². The Bertz CT molecular complexity index is 776. The van der Waals surface area contributed by atoms with Crippen molar-refractivity contribution in [3.63, 3.8) is 0 Å². The lowest BCUT2D eigenvalue weighted by Crippen LogP contribution is -2.27. The monoisotopic (exact) mass is 373 g/mol. The van der Waals surface area contributed by atoms with Crippen LogP contribution >= 0.6 is 15.9 Å². The molecule has 6 heteroatoms. The van der Waals surface area contributed by atoms with E-state index >= 15 is 0 Å². The molecule has 1 heterocycles. The Labute approximate surface area is 143 Å². The van der Waals surface area contributed by atoms with E-state index in [4.69, 9.17) is 4.74 Å². The number of hydrogen-bond donors (Lipinski definition) is 1. The summed E-state index contributed by atoms with van der Waals surface area (Å²) in [5, 5.41) is 12.4. The predicted octanol–water partition coefficient (Wildman–Crippen LogP) is 4.53. The van der Waals surface area contributed by atoms with Gasteiger partial charge in [0.1, 0.15) is 17.6 Å². The molecule has 0 aliphatic heterocycles. The van der Waals surface area contributed by atoms with Crippen LogP contribution in [0, 0.1) is 11.3 Å². The third kappa shape index (κ3) is 4.54. The molecular formula is C17H16BrN3O2. The summed E-state index contributed by atoms with van der Waals surface area (Å²) in [4.78, 5) is 15.3.